The smallest absolute Gasteiger partial charge is 0.265 e. The molecule has 0 aliphatic rings. The minimum absolute atomic E-state index is 0.164. The summed E-state index contributed by atoms with van der Waals surface area (Å²) in [6.07, 6.45) is -0.563. The van der Waals surface area contributed by atoms with E-state index in [4.69, 9.17) is 4.74 Å². The van der Waals surface area contributed by atoms with Crippen molar-refractivity contribution < 1.29 is 9.53 Å². The van der Waals surface area contributed by atoms with E-state index in [0.717, 1.165) is 21.3 Å². The van der Waals surface area contributed by atoms with Crippen LogP contribution >= 0.6 is 15.9 Å². The Hall–Kier alpha value is -1.81. The summed E-state index contributed by atoms with van der Waals surface area (Å²) in [5, 5.41) is 2.88. The first-order valence-corrected chi connectivity index (χ1v) is 7.55. The maximum atomic E-state index is 12.2. The molecule has 3 nitrogen and oxygen atoms in total. The molecule has 4 heteroatoms. The molecule has 0 spiro atoms. The van der Waals surface area contributed by atoms with Crippen molar-refractivity contribution in [2.45, 2.75) is 26.9 Å². The molecular formula is C17H18BrNO2. The van der Waals surface area contributed by atoms with Crippen LogP contribution in [0.2, 0.25) is 0 Å². The van der Waals surface area contributed by atoms with E-state index in [1.165, 1.54) is 0 Å². The van der Waals surface area contributed by atoms with Crippen LogP contribution in [0, 0.1) is 13.8 Å². The normalized spacial score (nSPS) is 11.8. The van der Waals surface area contributed by atoms with Crippen LogP contribution in [-0.2, 0) is 4.79 Å². The number of carbonyl (C=O) groups is 1. The molecular weight excluding hydrogens is 330 g/mol. The van der Waals surface area contributed by atoms with Crippen LogP contribution in [0.1, 0.15) is 18.1 Å². The van der Waals surface area contributed by atoms with Crippen molar-refractivity contribution in [2.75, 3.05) is 5.32 Å². The third-order valence-electron chi connectivity index (χ3n) is 2.98. The molecule has 0 aliphatic carbocycles. The van der Waals surface area contributed by atoms with Gasteiger partial charge in [-0.25, -0.2) is 0 Å². The Morgan fingerprint density at radius 1 is 1.10 bits per heavy atom. The Labute approximate surface area is 133 Å². The number of amides is 1. The molecule has 0 fully saturated rings. The minimum Gasteiger partial charge on any atom is -0.481 e. The van der Waals surface area contributed by atoms with Gasteiger partial charge in [-0.05, 0) is 68.3 Å². The van der Waals surface area contributed by atoms with Crippen LogP contribution in [-0.4, -0.2) is 12.0 Å². The molecule has 0 radical (unpaired) electrons. The summed E-state index contributed by atoms with van der Waals surface area (Å²) in [6.45, 7) is 5.74. The maximum absolute atomic E-state index is 12.2. The van der Waals surface area contributed by atoms with Crippen molar-refractivity contribution in [3.63, 3.8) is 0 Å². The van der Waals surface area contributed by atoms with Crippen molar-refractivity contribution in [1.82, 2.24) is 0 Å². The minimum atomic E-state index is -0.563. The summed E-state index contributed by atoms with van der Waals surface area (Å²) < 4.78 is 6.61. The van der Waals surface area contributed by atoms with Crippen LogP contribution in [0.15, 0.2) is 46.9 Å². The molecule has 0 aliphatic heterocycles. The molecule has 0 unspecified atom stereocenters. The highest BCUT2D eigenvalue weighted by atomic mass is 79.9. The van der Waals surface area contributed by atoms with Gasteiger partial charge in [-0.3, -0.25) is 4.79 Å². The van der Waals surface area contributed by atoms with Gasteiger partial charge in [0.15, 0.2) is 6.10 Å². The number of halogens is 1. The van der Waals surface area contributed by atoms with Crippen LogP contribution in [0.4, 0.5) is 5.69 Å². The van der Waals surface area contributed by atoms with Gasteiger partial charge in [0.25, 0.3) is 5.91 Å². The van der Waals surface area contributed by atoms with E-state index >= 15 is 0 Å². The molecule has 0 saturated carbocycles. The van der Waals surface area contributed by atoms with Crippen LogP contribution < -0.4 is 10.1 Å². The van der Waals surface area contributed by atoms with Gasteiger partial charge in [-0.2, -0.15) is 0 Å². The zero-order chi connectivity index (χ0) is 15.4. The highest BCUT2D eigenvalue weighted by Crippen LogP contribution is 2.18. The zero-order valence-electron chi connectivity index (χ0n) is 12.3. The third kappa shape index (κ3) is 4.60. The Morgan fingerprint density at radius 3 is 2.24 bits per heavy atom. The Kier molecular flexibility index (Phi) is 5.02. The van der Waals surface area contributed by atoms with Gasteiger partial charge in [-0.1, -0.05) is 22.0 Å². The number of hydrogen-bond acceptors (Lipinski definition) is 2. The van der Waals surface area contributed by atoms with Gasteiger partial charge >= 0.3 is 0 Å². The lowest BCUT2D eigenvalue weighted by molar-refractivity contribution is -0.122. The molecule has 21 heavy (non-hydrogen) atoms. The number of hydrogen-bond donors (Lipinski definition) is 1. The van der Waals surface area contributed by atoms with E-state index in [1.54, 1.807) is 6.92 Å². The number of rotatable bonds is 4. The SMILES string of the molecule is Cc1cc(C)cc(NC(=O)[C@@H](C)Oc2ccc(Br)cc2)c1. The number of anilines is 1. The van der Waals surface area contributed by atoms with Gasteiger partial charge in [0.1, 0.15) is 5.75 Å². The van der Waals surface area contributed by atoms with E-state index in [2.05, 4.69) is 27.3 Å². The fourth-order valence-electron chi connectivity index (χ4n) is 2.06. The third-order valence-corrected chi connectivity index (χ3v) is 3.51. The highest BCUT2D eigenvalue weighted by molar-refractivity contribution is 9.10. The maximum Gasteiger partial charge on any atom is 0.265 e. The quantitative estimate of drug-likeness (QED) is 0.885. The summed E-state index contributed by atoms with van der Waals surface area (Å²) in [5.74, 6) is 0.504. The van der Waals surface area contributed by atoms with Crippen molar-refractivity contribution >= 4 is 27.5 Å². The zero-order valence-corrected chi connectivity index (χ0v) is 13.9. The van der Waals surface area contributed by atoms with E-state index in [1.807, 2.05) is 50.2 Å². The van der Waals surface area contributed by atoms with Crippen LogP contribution in [0.3, 0.4) is 0 Å². The molecule has 1 N–H and O–H groups in total. The molecule has 0 aromatic heterocycles. The molecule has 2 aromatic rings. The average molecular weight is 348 g/mol. The van der Waals surface area contributed by atoms with Gasteiger partial charge in [0.05, 0.1) is 0 Å². The second-order valence-corrected chi connectivity index (χ2v) is 6.00. The van der Waals surface area contributed by atoms with Gasteiger partial charge in [-0.15, -0.1) is 0 Å². The van der Waals surface area contributed by atoms with Crippen LogP contribution in [0.25, 0.3) is 0 Å². The lowest BCUT2D eigenvalue weighted by Crippen LogP contribution is -2.30. The molecule has 110 valence electrons. The average Bonchev–Trinajstić information content (AvgIpc) is 2.40. The van der Waals surface area contributed by atoms with E-state index in [0.29, 0.717) is 5.75 Å². The summed E-state index contributed by atoms with van der Waals surface area (Å²) in [4.78, 5) is 12.2. The van der Waals surface area contributed by atoms with E-state index in [-0.39, 0.29) is 5.91 Å². The molecule has 0 heterocycles. The van der Waals surface area contributed by atoms with E-state index in [9.17, 15) is 4.79 Å². The Morgan fingerprint density at radius 2 is 1.67 bits per heavy atom. The number of benzene rings is 2. The molecule has 2 aromatic carbocycles. The molecule has 2 rings (SSSR count). The van der Waals surface area contributed by atoms with Crippen molar-refractivity contribution in [1.29, 1.82) is 0 Å². The number of nitrogens with one attached hydrogen (secondary N) is 1. The second kappa shape index (κ2) is 6.76. The first-order chi connectivity index (χ1) is 9.94. The summed E-state index contributed by atoms with van der Waals surface area (Å²) in [5.41, 5.74) is 3.03. The van der Waals surface area contributed by atoms with Crippen molar-refractivity contribution in [2.24, 2.45) is 0 Å². The van der Waals surface area contributed by atoms with E-state index < -0.39 is 6.10 Å². The van der Waals surface area contributed by atoms with Crippen molar-refractivity contribution in [3.05, 3.63) is 58.1 Å². The predicted molar refractivity (Wildman–Crippen MR) is 88.8 cm³/mol. The predicted octanol–water partition coefficient (Wildman–Crippen LogP) is 4.47. The number of carbonyl (C=O) groups excluding carboxylic acids is 1. The second-order valence-electron chi connectivity index (χ2n) is 5.08. The molecule has 1 amide bonds. The van der Waals surface area contributed by atoms with Gasteiger partial charge in [0, 0.05) is 10.2 Å². The topological polar surface area (TPSA) is 38.3 Å². The molecule has 0 saturated heterocycles. The van der Waals surface area contributed by atoms with Gasteiger partial charge in [0.2, 0.25) is 0 Å². The van der Waals surface area contributed by atoms with Crippen molar-refractivity contribution in [3.8, 4) is 5.75 Å². The largest absolute Gasteiger partial charge is 0.481 e. The number of aryl methyl sites for hydroxylation is 2. The Balaban J connectivity index is 2.00. The van der Waals surface area contributed by atoms with Gasteiger partial charge < -0.3 is 10.1 Å². The summed E-state index contributed by atoms with van der Waals surface area (Å²) in [7, 11) is 0. The fourth-order valence-corrected chi connectivity index (χ4v) is 2.33. The standard InChI is InChI=1S/C17H18BrNO2/c1-11-8-12(2)10-15(9-11)19-17(20)13(3)21-16-6-4-14(18)5-7-16/h4-10,13H,1-3H3,(H,19,20)/t13-/m1/s1. The fraction of sp³-hybridized carbons (Fsp3) is 0.235. The summed E-state index contributed by atoms with van der Waals surface area (Å²) >= 11 is 3.36. The number of ether oxygens (including phenoxy) is 1. The first kappa shape index (κ1) is 15.6. The van der Waals surface area contributed by atoms with Crippen LogP contribution in [0.5, 0.6) is 5.75 Å². The summed E-state index contributed by atoms with van der Waals surface area (Å²) in [6, 6.07) is 13.4. The Bertz CT molecular complexity index is 617. The molecule has 1 atom stereocenters. The first-order valence-electron chi connectivity index (χ1n) is 6.75. The molecule has 0 bridgehead atoms. The monoisotopic (exact) mass is 347 g/mol. The highest BCUT2D eigenvalue weighted by Gasteiger charge is 2.15. The lowest BCUT2D eigenvalue weighted by Gasteiger charge is -2.15. The lowest BCUT2D eigenvalue weighted by atomic mass is 10.1.